The van der Waals surface area contributed by atoms with E-state index in [0.717, 1.165) is 4.47 Å². The average Bonchev–Trinajstić information content (AvgIpc) is 2.32. The van der Waals surface area contributed by atoms with Gasteiger partial charge in [0.2, 0.25) is 5.91 Å². The fourth-order valence-corrected chi connectivity index (χ4v) is 2.02. The van der Waals surface area contributed by atoms with E-state index >= 15 is 0 Å². The molecule has 0 radical (unpaired) electrons. The lowest BCUT2D eigenvalue weighted by atomic mass is 10.2. The van der Waals surface area contributed by atoms with Gasteiger partial charge < -0.3 is 21.5 Å². The van der Waals surface area contributed by atoms with E-state index in [4.69, 9.17) is 10.8 Å². The van der Waals surface area contributed by atoms with E-state index < -0.39 is 30.4 Å². The van der Waals surface area contributed by atoms with Gasteiger partial charge in [0.15, 0.2) is 0 Å². The van der Waals surface area contributed by atoms with Crippen LogP contribution in [0.4, 0.5) is 10.5 Å². The second kappa shape index (κ2) is 7.25. The van der Waals surface area contributed by atoms with Crippen molar-refractivity contribution < 1.29 is 19.5 Å². The number of nitrogens with two attached hydrogens (primary N) is 1. The summed E-state index contributed by atoms with van der Waals surface area (Å²) in [7, 11) is 0. The molecule has 7 nitrogen and oxygen atoms in total. The first-order chi connectivity index (χ1) is 9.29. The summed E-state index contributed by atoms with van der Waals surface area (Å²) in [5.41, 5.74) is 5.36. The maximum Gasteiger partial charge on any atom is 0.326 e. The fourth-order valence-electron chi connectivity index (χ4n) is 1.31. The molecule has 0 aromatic heterocycles. The molecular formula is C11H11Br2N3O4. The standard InChI is InChI=1S/C11H11Br2N3O4/c12-5-1-2-6(13)7(3-5)15-11(20)16-8(10(18)19)4-9(14)17/h1-3,8H,4H2,(H2,14,17)(H,18,19)(H2,15,16,20). The Kier molecular flexibility index (Phi) is 5.96. The summed E-state index contributed by atoms with van der Waals surface area (Å²) in [6.45, 7) is 0. The summed E-state index contributed by atoms with van der Waals surface area (Å²) in [5.74, 6) is -2.16. The minimum Gasteiger partial charge on any atom is -0.480 e. The summed E-state index contributed by atoms with van der Waals surface area (Å²) >= 11 is 6.49. The van der Waals surface area contributed by atoms with Crippen molar-refractivity contribution in [1.29, 1.82) is 0 Å². The molecule has 1 aromatic rings. The Balaban J connectivity index is 2.72. The van der Waals surface area contributed by atoms with Crippen molar-refractivity contribution in [2.75, 3.05) is 5.32 Å². The molecule has 0 aliphatic heterocycles. The molecule has 5 N–H and O–H groups in total. The first-order valence-electron chi connectivity index (χ1n) is 5.33. The number of halogens is 2. The highest BCUT2D eigenvalue weighted by Crippen LogP contribution is 2.25. The summed E-state index contributed by atoms with van der Waals surface area (Å²) in [6.07, 6.45) is -0.484. The minimum absolute atomic E-state index is 0.445. The maximum atomic E-state index is 11.7. The SMILES string of the molecule is NC(=O)CC(NC(=O)Nc1cc(Br)ccc1Br)C(=O)O. The van der Waals surface area contributed by atoms with Crippen LogP contribution in [0.1, 0.15) is 6.42 Å². The lowest BCUT2D eigenvalue weighted by molar-refractivity contribution is -0.140. The van der Waals surface area contributed by atoms with Crippen LogP contribution in [0.2, 0.25) is 0 Å². The van der Waals surface area contributed by atoms with Crippen molar-refractivity contribution in [2.24, 2.45) is 5.73 Å². The predicted octanol–water partition coefficient (Wildman–Crippen LogP) is 1.66. The molecule has 1 rings (SSSR count). The number of nitrogens with one attached hydrogen (secondary N) is 2. The second-order valence-corrected chi connectivity index (χ2v) is 5.55. The first kappa shape index (κ1) is 16.4. The third-order valence-electron chi connectivity index (χ3n) is 2.19. The van der Waals surface area contributed by atoms with Gasteiger partial charge in [-0.2, -0.15) is 0 Å². The molecule has 108 valence electrons. The highest BCUT2D eigenvalue weighted by atomic mass is 79.9. The van der Waals surface area contributed by atoms with Gasteiger partial charge in [-0.25, -0.2) is 9.59 Å². The molecule has 0 saturated carbocycles. The van der Waals surface area contributed by atoms with Crippen molar-refractivity contribution in [3.05, 3.63) is 27.1 Å². The van der Waals surface area contributed by atoms with Gasteiger partial charge in [0, 0.05) is 8.95 Å². The second-order valence-electron chi connectivity index (χ2n) is 3.78. The fraction of sp³-hybridized carbons (Fsp3) is 0.182. The summed E-state index contributed by atoms with van der Waals surface area (Å²) in [5, 5.41) is 13.5. The van der Waals surface area contributed by atoms with Gasteiger partial charge in [-0.05, 0) is 34.1 Å². The van der Waals surface area contributed by atoms with Gasteiger partial charge in [0.25, 0.3) is 0 Å². The van der Waals surface area contributed by atoms with Gasteiger partial charge >= 0.3 is 12.0 Å². The third-order valence-corrected chi connectivity index (χ3v) is 3.37. The van der Waals surface area contributed by atoms with Crippen LogP contribution < -0.4 is 16.4 Å². The van der Waals surface area contributed by atoms with E-state index in [1.54, 1.807) is 18.2 Å². The third kappa shape index (κ3) is 5.17. The van der Waals surface area contributed by atoms with Crippen LogP contribution in [0, 0.1) is 0 Å². The molecule has 0 aliphatic rings. The molecule has 0 fully saturated rings. The number of carboxylic acid groups (broad SMARTS) is 1. The van der Waals surface area contributed by atoms with Crippen molar-refractivity contribution in [3.63, 3.8) is 0 Å². The van der Waals surface area contributed by atoms with Crippen LogP contribution in [0.5, 0.6) is 0 Å². The predicted molar refractivity (Wildman–Crippen MR) is 79.2 cm³/mol. The van der Waals surface area contributed by atoms with Crippen molar-refractivity contribution in [2.45, 2.75) is 12.5 Å². The highest BCUT2D eigenvalue weighted by molar-refractivity contribution is 9.11. The molecule has 0 heterocycles. The number of aliphatic carboxylic acids is 1. The quantitative estimate of drug-likeness (QED) is 0.591. The molecule has 0 saturated heterocycles. The number of carbonyl (C=O) groups is 3. The minimum atomic E-state index is -1.38. The molecule has 1 unspecified atom stereocenters. The smallest absolute Gasteiger partial charge is 0.326 e. The molecule has 20 heavy (non-hydrogen) atoms. The van der Waals surface area contributed by atoms with Crippen LogP contribution in [0.25, 0.3) is 0 Å². The van der Waals surface area contributed by atoms with Crippen LogP contribution in [-0.4, -0.2) is 29.1 Å². The van der Waals surface area contributed by atoms with E-state index in [9.17, 15) is 14.4 Å². The molecule has 9 heteroatoms. The van der Waals surface area contributed by atoms with E-state index in [-0.39, 0.29) is 0 Å². The number of primary amides is 1. The Morgan fingerprint density at radius 1 is 1.30 bits per heavy atom. The number of hydrogen-bond donors (Lipinski definition) is 4. The highest BCUT2D eigenvalue weighted by Gasteiger charge is 2.22. The number of rotatable bonds is 5. The van der Waals surface area contributed by atoms with Crippen LogP contribution in [0.15, 0.2) is 27.1 Å². The molecule has 0 aliphatic carbocycles. The topological polar surface area (TPSA) is 122 Å². The number of anilines is 1. The largest absolute Gasteiger partial charge is 0.480 e. The summed E-state index contributed by atoms with van der Waals surface area (Å²) in [6, 6.07) is 2.97. The molecule has 1 atom stereocenters. The molecule has 3 amide bonds. The van der Waals surface area contributed by atoms with Gasteiger partial charge in [0.1, 0.15) is 6.04 Å². The first-order valence-corrected chi connectivity index (χ1v) is 6.92. The molecule has 1 aromatic carbocycles. The molecule has 0 bridgehead atoms. The van der Waals surface area contributed by atoms with E-state index in [1.807, 2.05) is 0 Å². The summed E-state index contributed by atoms with van der Waals surface area (Å²) < 4.78 is 1.36. The van der Waals surface area contributed by atoms with Crippen LogP contribution >= 0.6 is 31.9 Å². The van der Waals surface area contributed by atoms with Gasteiger partial charge in [0.05, 0.1) is 12.1 Å². The van der Waals surface area contributed by atoms with Crippen LogP contribution in [-0.2, 0) is 9.59 Å². The van der Waals surface area contributed by atoms with Gasteiger partial charge in [-0.3, -0.25) is 4.79 Å². The van der Waals surface area contributed by atoms with E-state index in [0.29, 0.717) is 10.2 Å². The zero-order valence-electron chi connectivity index (χ0n) is 10.0. The van der Waals surface area contributed by atoms with Crippen LogP contribution in [0.3, 0.4) is 0 Å². The number of carboxylic acids is 1. The van der Waals surface area contributed by atoms with E-state index in [1.165, 1.54) is 0 Å². The van der Waals surface area contributed by atoms with Crippen molar-refractivity contribution in [1.82, 2.24) is 5.32 Å². The zero-order chi connectivity index (χ0) is 15.3. The van der Waals surface area contributed by atoms with Gasteiger partial charge in [-0.1, -0.05) is 15.9 Å². The number of hydrogen-bond acceptors (Lipinski definition) is 3. The number of carbonyl (C=O) groups excluding carboxylic acids is 2. The normalized spacial score (nSPS) is 11.5. The Hall–Kier alpha value is -1.61. The maximum absolute atomic E-state index is 11.7. The average molecular weight is 409 g/mol. The van der Waals surface area contributed by atoms with E-state index in [2.05, 4.69) is 42.5 Å². The zero-order valence-corrected chi connectivity index (χ0v) is 13.2. The van der Waals surface area contributed by atoms with Crippen molar-refractivity contribution >= 4 is 55.5 Å². The Labute approximate surface area is 131 Å². The molecular weight excluding hydrogens is 398 g/mol. The van der Waals surface area contributed by atoms with Gasteiger partial charge in [-0.15, -0.1) is 0 Å². The number of urea groups is 1. The number of benzene rings is 1. The number of amides is 3. The summed E-state index contributed by atoms with van der Waals surface area (Å²) in [4.78, 5) is 33.3. The Bertz CT molecular complexity index is 550. The lowest BCUT2D eigenvalue weighted by Gasteiger charge is -2.14. The Morgan fingerprint density at radius 3 is 2.50 bits per heavy atom. The molecule has 0 spiro atoms. The lowest BCUT2D eigenvalue weighted by Crippen LogP contribution is -2.45. The monoisotopic (exact) mass is 407 g/mol. The Morgan fingerprint density at radius 2 is 1.95 bits per heavy atom. The van der Waals surface area contributed by atoms with Crippen molar-refractivity contribution in [3.8, 4) is 0 Å².